The summed E-state index contributed by atoms with van der Waals surface area (Å²) in [4.78, 5) is 26.6. The van der Waals surface area contributed by atoms with E-state index in [0.29, 0.717) is 23.5 Å². The molecule has 2 aliphatic rings. The van der Waals surface area contributed by atoms with Gasteiger partial charge in [-0.25, -0.2) is 4.79 Å². The van der Waals surface area contributed by atoms with Crippen molar-refractivity contribution in [1.29, 1.82) is 5.26 Å². The first-order valence-electron chi connectivity index (χ1n) is 8.50. The van der Waals surface area contributed by atoms with Crippen LogP contribution in [-0.2, 0) is 17.8 Å². The summed E-state index contributed by atoms with van der Waals surface area (Å²) < 4.78 is 10.7. The van der Waals surface area contributed by atoms with Crippen molar-refractivity contribution in [2.75, 3.05) is 6.79 Å². The molecule has 0 bridgehead atoms. The molecule has 7 heteroatoms. The number of nitrogens with one attached hydrogen (secondary N) is 1. The lowest BCUT2D eigenvalue weighted by Crippen LogP contribution is -2.45. The first-order chi connectivity index (χ1) is 13.0. The Hall–Kier alpha value is -3.53. The number of nitriles is 1. The van der Waals surface area contributed by atoms with E-state index < -0.39 is 11.6 Å². The van der Waals surface area contributed by atoms with Crippen LogP contribution >= 0.6 is 0 Å². The molecule has 2 aliphatic heterocycles. The average molecular weight is 363 g/mol. The number of fused-ring (bicyclic) bond motifs is 1. The summed E-state index contributed by atoms with van der Waals surface area (Å²) >= 11 is 0. The Morgan fingerprint density at radius 1 is 1.15 bits per heavy atom. The Kier molecular flexibility index (Phi) is 3.96. The van der Waals surface area contributed by atoms with Crippen LogP contribution in [0.1, 0.15) is 23.6 Å². The fourth-order valence-electron chi connectivity index (χ4n) is 3.39. The minimum atomic E-state index is -1.04. The van der Waals surface area contributed by atoms with Crippen LogP contribution in [-0.4, -0.2) is 29.2 Å². The number of ether oxygens (including phenoxy) is 2. The molecular formula is C20H17N3O4. The third-order valence-corrected chi connectivity index (χ3v) is 4.74. The summed E-state index contributed by atoms with van der Waals surface area (Å²) in [6, 6.07) is 14.0. The van der Waals surface area contributed by atoms with Crippen LogP contribution in [0.3, 0.4) is 0 Å². The molecule has 7 nitrogen and oxygen atoms in total. The molecule has 0 aromatic heterocycles. The molecule has 27 heavy (non-hydrogen) atoms. The standard InChI is InChI=1S/C20H17N3O4/c1-20(9-13-5-6-16-17(8-13)27-12-26-16)18(24)23(19(25)22-20)11-15-4-2-3-14(7-15)10-21/h2-8H,9,11-12H2,1H3,(H,22,25)/t20-/m0/s1. The number of urea groups is 1. The second kappa shape index (κ2) is 6.32. The fraction of sp³-hybridized carbons (Fsp3) is 0.250. The normalized spacial score (nSPS) is 20.5. The van der Waals surface area contributed by atoms with E-state index in [1.807, 2.05) is 12.1 Å². The van der Waals surface area contributed by atoms with E-state index in [9.17, 15) is 9.59 Å². The maximum atomic E-state index is 13.0. The van der Waals surface area contributed by atoms with Gasteiger partial charge in [-0.05, 0) is 42.3 Å². The molecule has 136 valence electrons. The Morgan fingerprint density at radius 3 is 2.78 bits per heavy atom. The highest BCUT2D eigenvalue weighted by molar-refractivity contribution is 6.06. The first kappa shape index (κ1) is 16.9. The van der Waals surface area contributed by atoms with E-state index >= 15 is 0 Å². The number of nitrogens with zero attached hydrogens (tertiary/aromatic N) is 2. The van der Waals surface area contributed by atoms with E-state index in [1.165, 1.54) is 4.90 Å². The molecule has 1 atom stereocenters. The van der Waals surface area contributed by atoms with E-state index in [-0.39, 0.29) is 19.2 Å². The number of amides is 3. The van der Waals surface area contributed by atoms with Crippen LogP contribution in [0.4, 0.5) is 4.79 Å². The molecule has 1 N–H and O–H groups in total. The van der Waals surface area contributed by atoms with Crippen molar-refractivity contribution in [2.24, 2.45) is 0 Å². The quantitative estimate of drug-likeness (QED) is 0.842. The number of carbonyl (C=O) groups excluding carboxylic acids is 2. The van der Waals surface area contributed by atoms with Gasteiger partial charge in [0.25, 0.3) is 5.91 Å². The van der Waals surface area contributed by atoms with E-state index in [1.54, 1.807) is 37.3 Å². The van der Waals surface area contributed by atoms with Crippen LogP contribution in [0.25, 0.3) is 0 Å². The minimum Gasteiger partial charge on any atom is -0.454 e. The molecule has 2 aromatic rings. The van der Waals surface area contributed by atoms with Gasteiger partial charge < -0.3 is 14.8 Å². The summed E-state index contributed by atoms with van der Waals surface area (Å²) in [5.41, 5.74) is 1.04. The van der Waals surface area contributed by atoms with Crippen LogP contribution in [0, 0.1) is 11.3 Å². The topological polar surface area (TPSA) is 91.7 Å². The third-order valence-electron chi connectivity index (χ3n) is 4.74. The smallest absolute Gasteiger partial charge is 0.325 e. The predicted molar refractivity (Wildman–Crippen MR) is 94.9 cm³/mol. The second-order valence-electron chi connectivity index (χ2n) is 6.83. The van der Waals surface area contributed by atoms with Gasteiger partial charge in [0.2, 0.25) is 6.79 Å². The summed E-state index contributed by atoms with van der Waals surface area (Å²) in [6.07, 6.45) is 0.336. The highest BCUT2D eigenvalue weighted by Crippen LogP contribution is 2.34. The number of hydrogen-bond donors (Lipinski definition) is 1. The highest BCUT2D eigenvalue weighted by atomic mass is 16.7. The lowest BCUT2D eigenvalue weighted by Gasteiger charge is -2.22. The van der Waals surface area contributed by atoms with Gasteiger partial charge >= 0.3 is 6.03 Å². The SMILES string of the molecule is C[C@@]1(Cc2ccc3c(c2)OCO3)NC(=O)N(Cc2cccc(C#N)c2)C1=O. The van der Waals surface area contributed by atoms with Crippen LogP contribution in [0.15, 0.2) is 42.5 Å². The molecular weight excluding hydrogens is 346 g/mol. The summed E-state index contributed by atoms with van der Waals surface area (Å²) in [5, 5.41) is 11.8. The van der Waals surface area contributed by atoms with Gasteiger partial charge in [-0.2, -0.15) is 5.26 Å². The Balaban J connectivity index is 1.53. The highest BCUT2D eigenvalue weighted by Gasteiger charge is 2.47. The molecule has 0 aliphatic carbocycles. The average Bonchev–Trinajstić information content (AvgIpc) is 3.20. The van der Waals surface area contributed by atoms with Crippen molar-refractivity contribution in [3.05, 3.63) is 59.2 Å². The number of benzene rings is 2. The monoisotopic (exact) mass is 363 g/mol. The molecule has 0 unspecified atom stereocenters. The molecule has 0 spiro atoms. The van der Waals surface area contributed by atoms with Crippen molar-refractivity contribution in [1.82, 2.24) is 10.2 Å². The molecule has 3 amide bonds. The second-order valence-corrected chi connectivity index (χ2v) is 6.83. The number of imide groups is 1. The van der Waals surface area contributed by atoms with Gasteiger partial charge in [0.05, 0.1) is 18.2 Å². The molecule has 1 fully saturated rings. The minimum absolute atomic E-state index is 0.122. The van der Waals surface area contributed by atoms with Crippen LogP contribution in [0.5, 0.6) is 11.5 Å². The van der Waals surface area contributed by atoms with Crippen molar-refractivity contribution in [3.8, 4) is 17.6 Å². The molecule has 0 saturated carbocycles. The zero-order chi connectivity index (χ0) is 19.0. The molecule has 1 saturated heterocycles. The molecule has 2 heterocycles. The Bertz CT molecular complexity index is 981. The van der Waals surface area contributed by atoms with Crippen molar-refractivity contribution >= 4 is 11.9 Å². The van der Waals surface area contributed by atoms with Gasteiger partial charge in [0.15, 0.2) is 11.5 Å². The lowest BCUT2D eigenvalue weighted by atomic mass is 9.92. The summed E-state index contributed by atoms with van der Waals surface area (Å²) in [5.74, 6) is 1.01. The fourth-order valence-corrected chi connectivity index (χ4v) is 3.39. The number of carbonyl (C=O) groups is 2. The van der Waals surface area contributed by atoms with Crippen LogP contribution < -0.4 is 14.8 Å². The summed E-state index contributed by atoms with van der Waals surface area (Å²) in [7, 11) is 0. The van der Waals surface area contributed by atoms with Crippen LogP contribution in [0.2, 0.25) is 0 Å². The largest absolute Gasteiger partial charge is 0.454 e. The van der Waals surface area contributed by atoms with Gasteiger partial charge in [0, 0.05) is 6.42 Å². The third kappa shape index (κ3) is 3.06. The molecule has 0 radical (unpaired) electrons. The van der Waals surface area contributed by atoms with E-state index in [0.717, 1.165) is 11.1 Å². The van der Waals surface area contributed by atoms with Crippen molar-refractivity contribution in [2.45, 2.75) is 25.4 Å². The number of hydrogen-bond acceptors (Lipinski definition) is 5. The zero-order valence-electron chi connectivity index (χ0n) is 14.7. The molecule has 2 aromatic carbocycles. The molecule has 4 rings (SSSR count). The lowest BCUT2D eigenvalue weighted by molar-refractivity contribution is -0.131. The van der Waals surface area contributed by atoms with Gasteiger partial charge in [-0.15, -0.1) is 0 Å². The Morgan fingerprint density at radius 2 is 1.96 bits per heavy atom. The zero-order valence-corrected chi connectivity index (χ0v) is 14.7. The van der Waals surface area contributed by atoms with Gasteiger partial charge in [-0.1, -0.05) is 18.2 Å². The first-order valence-corrected chi connectivity index (χ1v) is 8.50. The van der Waals surface area contributed by atoms with Crippen molar-refractivity contribution < 1.29 is 19.1 Å². The van der Waals surface area contributed by atoms with Crippen molar-refractivity contribution in [3.63, 3.8) is 0 Å². The maximum absolute atomic E-state index is 13.0. The number of rotatable bonds is 4. The maximum Gasteiger partial charge on any atom is 0.325 e. The van der Waals surface area contributed by atoms with E-state index in [2.05, 4.69) is 11.4 Å². The Labute approximate surface area is 156 Å². The predicted octanol–water partition coefficient (Wildman–Crippen LogP) is 2.34. The van der Waals surface area contributed by atoms with E-state index in [4.69, 9.17) is 14.7 Å². The van der Waals surface area contributed by atoms with Gasteiger partial charge in [-0.3, -0.25) is 9.69 Å². The summed E-state index contributed by atoms with van der Waals surface area (Å²) in [6.45, 7) is 2.02. The van der Waals surface area contributed by atoms with Gasteiger partial charge in [0.1, 0.15) is 5.54 Å².